The molecule has 1 aliphatic carbocycles. The molecule has 4 aromatic rings. The molecule has 0 saturated heterocycles. The van der Waals surface area contributed by atoms with Crippen molar-refractivity contribution in [3.05, 3.63) is 82.7 Å². The van der Waals surface area contributed by atoms with Gasteiger partial charge in [-0.1, -0.05) is 36.4 Å². The molecule has 10 heteroatoms. The van der Waals surface area contributed by atoms with Gasteiger partial charge in [0.1, 0.15) is 18.5 Å². The number of anilines is 1. The van der Waals surface area contributed by atoms with Gasteiger partial charge in [-0.3, -0.25) is 9.36 Å². The third-order valence-electron chi connectivity index (χ3n) is 6.47. The van der Waals surface area contributed by atoms with Crippen LogP contribution in [0.4, 0.5) is 19.0 Å². The number of carbonyl (C=O) groups excluding carboxylic acids is 1. The molecule has 1 aliphatic rings. The number of ether oxygens (including phenoxy) is 1. The Labute approximate surface area is 211 Å². The van der Waals surface area contributed by atoms with E-state index in [0.29, 0.717) is 53.8 Å². The maximum atomic E-state index is 13.0. The fourth-order valence-electron chi connectivity index (χ4n) is 4.83. The number of fused-ring (bicyclic) bond motifs is 2. The van der Waals surface area contributed by atoms with Crippen LogP contribution in [0.1, 0.15) is 51.8 Å². The van der Waals surface area contributed by atoms with E-state index in [9.17, 15) is 18.0 Å². The van der Waals surface area contributed by atoms with Gasteiger partial charge in [-0.15, -0.1) is 0 Å². The Morgan fingerprint density at radius 3 is 2.68 bits per heavy atom. The average molecular weight is 510 g/mol. The standard InChI is InChI=1S/C27H26F3N5O2/c1-16-13-20-18(24(31)36)9-5-11-21(20)35(16)26-33-23-19(10-6-12-22(23)37-15-27(28,29)30)25(34-26)32-14-17-7-3-2-4-8-17/h2-5,7-9,11,13,22H,6,10,12,14-15H2,1H3,(H2,31,36)(H,32,33,34). The third-order valence-corrected chi connectivity index (χ3v) is 6.47. The van der Waals surface area contributed by atoms with Crippen LogP contribution in [-0.2, 0) is 17.7 Å². The second kappa shape index (κ2) is 9.85. The van der Waals surface area contributed by atoms with Crippen LogP contribution in [0.15, 0.2) is 54.6 Å². The molecule has 2 aromatic heterocycles. The van der Waals surface area contributed by atoms with Gasteiger partial charge in [0.15, 0.2) is 0 Å². The lowest BCUT2D eigenvalue weighted by molar-refractivity contribution is -0.187. The number of aromatic nitrogens is 3. The summed E-state index contributed by atoms with van der Waals surface area (Å²) in [5.74, 6) is 0.280. The molecule has 0 aliphatic heterocycles. The van der Waals surface area contributed by atoms with Crippen LogP contribution in [0.5, 0.6) is 0 Å². The first-order valence-electron chi connectivity index (χ1n) is 12.0. The van der Waals surface area contributed by atoms with Gasteiger partial charge >= 0.3 is 6.18 Å². The van der Waals surface area contributed by atoms with Crippen LogP contribution < -0.4 is 11.1 Å². The predicted molar refractivity (Wildman–Crippen MR) is 134 cm³/mol. The van der Waals surface area contributed by atoms with Gasteiger partial charge in [-0.05, 0) is 49.9 Å². The molecule has 3 N–H and O–H groups in total. The number of aryl methyl sites for hydroxylation is 1. The molecule has 7 nitrogen and oxygen atoms in total. The second-order valence-corrected chi connectivity index (χ2v) is 9.11. The van der Waals surface area contributed by atoms with Crippen LogP contribution in [-0.4, -0.2) is 33.2 Å². The van der Waals surface area contributed by atoms with Crippen molar-refractivity contribution in [2.75, 3.05) is 11.9 Å². The van der Waals surface area contributed by atoms with E-state index >= 15 is 0 Å². The Kier molecular flexibility index (Phi) is 6.59. The number of carbonyl (C=O) groups is 1. The second-order valence-electron chi connectivity index (χ2n) is 9.11. The predicted octanol–water partition coefficient (Wildman–Crippen LogP) is 5.40. The Bertz CT molecular complexity index is 1450. The molecule has 0 bridgehead atoms. The summed E-state index contributed by atoms with van der Waals surface area (Å²) in [6, 6.07) is 16.8. The van der Waals surface area contributed by atoms with Gasteiger partial charge < -0.3 is 15.8 Å². The quantitative estimate of drug-likeness (QED) is 0.348. The van der Waals surface area contributed by atoms with Crippen molar-refractivity contribution >= 4 is 22.6 Å². The minimum Gasteiger partial charge on any atom is -0.366 e. The third kappa shape index (κ3) is 5.15. The SMILES string of the molecule is Cc1cc2c(C(N)=O)cccc2n1-c1nc(NCc2ccccc2)c2c(n1)C(OCC(F)(F)F)CCC2. The number of nitrogens with zero attached hydrogens (tertiary/aromatic N) is 3. The Morgan fingerprint density at radius 2 is 1.95 bits per heavy atom. The molecule has 37 heavy (non-hydrogen) atoms. The zero-order chi connectivity index (χ0) is 26.2. The van der Waals surface area contributed by atoms with Crippen molar-refractivity contribution in [3.8, 4) is 5.95 Å². The first-order chi connectivity index (χ1) is 17.7. The summed E-state index contributed by atoms with van der Waals surface area (Å²) >= 11 is 0. The molecule has 0 saturated carbocycles. The summed E-state index contributed by atoms with van der Waals surface area (Å²) in [5.41, 5.74) is 9.60. The fraction of sp³-hybridized carbons (Fsp3) is 0.296. The number of hydrogen-bond donors (Lipinski definition) is 2. The van der Waals surface area contributed by atoms with E-state index < -0.39 is 24.8 Å². The highest BCUT2D eigenvalue weighted by atomic mass is 19.4. The van der Waals surface area contributed by atoms with Crippen molar-refractivity contribution in [2.45, 2.75) is 45.0 Å². The van der Waals surface area contributed by atoms with Gasteiger partial charge in [-0.2, -0.15) is 18.2 Å². The highest BCUT2D eigenvalue weighted by Crippen LogP contribution is 2.37. The van der Waals surface area contributed by atoms with Gasteiger partial charge in [0.05, 0.1) is 11.2 Å². The summed E-state index contributed by atoms with van der Waals surface area (Å²) in [5, 5.41) is 4.02. The maximum absolute atomic E-state index is 13.0. The first kappa shape index (κ1) is 24.8. The summed E-state index contributed by atoms with van der Waals surface area (Å²) in [6.07, 6.45) is -3.55. The van der Waals surface area contributed by atoms with E-state index in [1.165, 1.54) is 0 Å². The minimum atomic E-state index is -4.44. The van der Waals surface area contributed by atoms with Gasteiger partial charge in [-0.25, -0.2) is 4.98 Å². The van der Waals surface area contributed by atoms with Crippen molar-refractivity contribution in [1.82, 2.24) is 14.5 Å². The minimum absolute atomic E-state index is 0.283. The van der Waals surface area contributed by atoms with E-state index in [0.717, 1.165) is 16.8 Å². The summed E-state index contributed by atoms with van der Waals surface area (Å²) < 4.78 is 46.1. The van der Waals surface area contributed by atoms with Gasteiger partial charge in [0.2, 0.25) is 11.9 Å². The lowest BCUT2D eigenvalue weighted by atomic mass is 9.93. The van der Waals surface area contributed by atoms with E-state index in [4.69, 9.17) is 20.4 Å². The topological polar surface area (TPSA) is 95.1 Å². The van der Waals surface area contributed by atoms with Crippen molar-refractivity contribution in [1.29, 1.82) is 0 Å². The van der Waals surface area contributed by atoms with Crippen molar-refractivity contribution < 1.29 is 22.7 Å². The number of alkyl halides is 3. The molecular weight excluding hydrogens is 483 g/mol. The smallest absolute Gasteiger partial charge is 0.366 e. The molecule has 0 fully saturated rings. The Morgan fingerprint density at radius 1 is 1.16 bits per heavy atom. The summed E-state index contributed by atoms with van der Waals surface area (Å²) in [4.78, 5) is 21.6. The average Bonchev–Trinajstić information content (AvgIpc) is 3.21. The lowest BCUT2D eigenvalue weighted by Crippen LogP contribution is -2.24. The van der Waals surface area contributed by atoms with Crippen molar-refractivity contribution in [2.24, 2.45) is 5.73 Å². The summed E-state index contributed by atoms with van der Waals surface area (Å²) in [6.45, 7) is 0.980. The Balaban J connectivity index is 1.63. The number of halogens is 3. The molecule has 0 radical (unpaired) electrons. The van der Waals surface area contributed by atoms with E-state index in [1.807, 2.05) is 49.4 Å². The Hall–Kier alpha value is -3.92. The fourth-order valence-corrected chi connectivity index (χ4v) is 4.83. The molecule has 5 rings (SSSR count). The van der Waals surface area contributed by atoms with Crippen LogP contribution in [0.2, 0.25) is 0 Å². The number of benzene rings is 2. The molecule has 1 atom stereocenters. The van der Waals surface area contributed by atoms with Gasteiger partial charge in [0, 0.05) is 28.8 Å². The molecule has 1 amide bonds. The van der Waals surface area contributed by atoms with Crippen LogP contribution >= 0.6 is 0 Å². The molecule has 192 valence electrons. The number of amides is 1. The molecule has 1 unspecified atom stereocenters. The zero-order valence-corrected chi connectivity index (χ0v) is 20.2. The highest BCUT2D eigenvalue weighted by Gasteiger charge is 2.33. The lowest BCUT2D eigenvalue weighted by Gasteiger charge is -2.27. The van der Waals surface area contributed by atoms with E-state index in [1.54, 1.807) is 16.7 Å². The monoisotopic (exact) mass is 509 g/mol. The van der Waals surface area contributed by atoms with Crippen molar-refractivity contribution in [3.63, 3.8) is 0 Å². The van der Waals surface area contributed by atoms with Crippen LogP contribution in [0.3, 0.4) is 0 Å². The normalized spacial score (nSPS) is 15.5. The largest absolute Gasteiger partial charge is 0.411 e. The number of rotatable bonds is 7. The zero-order valence-electron chi connectivity index (χ0n) is 20.2. The van der Waals surface area contributed by atoms with E-state index in [2.05, 4.69) is 5.32 Å². The number of primary amides is 1. The number of nitrogens with two attached hydrogens (primary N) is 1. The maximum Gasteiger partial charge on any atom is 0.411 e. The first-order valence-corrected chi connectivity index (χ1v) is 12.0. The van der Waals surface area contributed by atoms with E-state index in [-0.39, 0.29) is 5.95 Å². The molecule has 2 heterocycles. The number of nitrogens with one attached hydrogen (secondary N) is 1. The highest BCUT2D eigenvalue weighted by molar-refractivity contribution is 6.06. The molecule has 2 aromatic carbocycles. The molecule has 0 spiro atoms. The number of hydrogen-bond acceptors (Lipinski definition) is 5. The van der Waals surface area contributed by atoms with Crippen LogP contribution in [0.25, 0.3) is 16.9 Å². The summed E-state index contributed by atoms with van der Waals surface area (Å²) in [7, 11) is 0. The molecular formula is C27H26F3N5O2. The van der Waals surface area contributed by atoms with Crippen LogP contribution in [0, 0.1) is 6.92 Å². The van der Waals surface area contributed by atoms with Gasteiger partial charge in [0.25, 0.3) is 0 Å².